The zero-order valence-electron chi connectivity index (χ0n) is 14.5. The molecule has 0 radical (unpaired) electrons. The van der Waals surface area contributed by atoms with Gasteiger partial charge in [-0.05, 0) is 52.3 Å². The summed E-state index contributed by atoms with van der Waals surface area (Å²) in [6.45, 7) is 0.527. The first-order valence-electron chi connectivity index (χ1n) is 8.32. The summed E-state index contributed by atoms with van der Waals surface area (Å²) in [6, 6.07) is 10.4. The number of benzene rings is 2. The molecular weight excluding hydrogens is 461 g/mol. The fourth-order valence-electron chi connectivity index (χ4n) is 2.90. The lowest BCUT2D eigenvalue weighted by molar-refractivity contribution is -0.137. The van der Waals surface area contributed by atoms with Crippen LogP contribution in [0.3, 0.4) is 0 Å². The molecule has 1 aliphatic rings. The minimum atomic E-state index is -4.53. The maximum absolute atomic E-state index is 12.7. The molecule has 0 atom stereocenters. The monoisotopic (exact) mass is 476 g/mol. The van der Waals surface area contributed by atoms with E-state index in [0.717, 1.165) is 24.3 Å². The van der Waals surface area contributed by atoms with E-state index in [1.165, 1.54) is 4.31 Å². The average Bonchev–Trinajstić information content (AvgIpc) is 2.67. The van der Waals surface area contributed by atoms with Gasteiger partial charge in [-0.3, -0.25) is 4.79 Å². The molecule has 1 aliphatic heterocycles. The van der Waals surface area contributed by atoms with Crippen LogP contribution in [0.5, 0.6) is 0 Å². The van der Waals surface area contributed by atoms with Crippen LogP contribution in [0.1, 0.15) is 15.9 Å². The Labute approximate surface area is 168 Å². The van der Waals surface area contributed by atoms with Crippen LogP contribution in [0.25, 0.3) is 0 Å². The lowest BCUT2D eigenvalue weighted by atomic mass is 10.2. The zero-order chi connectivity index (χ0) is 20.5. The van der Waals surface area contributed by atoms with Crippen molar-refractivity contribution in [2.45, 2.75) is 11.1 Å². The Hall–Kier alpha value is -1.91. The van der Waals surface area contributed by atoms with E-state index in [0.29, 0.717) is 10.0 Å². The number of carbonyl (C=O) groups excluding carboxylic acids is 1. The van der Waals surface area contributed by atoms with Crippen molar-refractivity contribution in [2.24, 2.45) is 0 Å². The smallest absolute Gasteiger partial charge is 0.336 e. The Kier molecular flexibility index (Phi) is 5.83. The van der Waals surface area contributed by atoms with Crippen molar-refractivity contribution in [1.29, 1.82) is 0 Å². The van der Waals surface area contributed by atoms with Gasteiger partial charge in [-0.2, -0.15) is 17.5 Å². The summed E-state index contributed by atoms with van der Waals surface area (Å²) in [5.41, 5.74) is -0.420. The first-order valence-corrected chi connectivity index (χ1v) is 10.6. The van der Waals surface area contributed by atoms with Crippen molar-refractivity contribution in [3.63, 3.8) is 0 Å². The number of piperazine rings is 1. The molecular formula is C18H16BrF3N2O3S. The van der Waals surface area contributed by atoms with E-state index in [4.69, 9.17) is 0 Å². The second-order valence-corrected chi connectivity index (χ2v) is 8.99. The van der Waals surface area contributed by atoms with Crippen molar-refractivity contribution in [3.05, 3.63) is 64.1 Å². The number of alkyl halides is 3. The third kappa shape index (κ3) is 4.23. The Morgan fingerprint density at radius 1 is 0.929 bits per heavy atom. The first kappa shape index (κ1) is 20.8. The molecule has 0 aromatic heterocycles. The molecule has 0 spiro atoms. The second kappa shape index (κ2) is 7.84. The topological polar surface area (TPSA) is 57.7 Å². The molecule has 1 heterocycles. The highest BCUT2D eigenvalue weighted by molar-refractivity contribution is 9.10. The predicted octanol–water partition coefficient (Wildman–Crippen LogP) is 3.61. The highest BCUT2D eigenvalue weighted by Crippen LogP contribution is 2.30. The first-order chi connectivity index (χ1) is 13.1. The van der Waals surface area contributed by atoms with Crippen LogP contribution >= 0.6 is 15.9 Å². The van der Waals surface area contributed by atoms with Crippen molar-refractivity contribution in [1.82, 2.24) is 9.21 Å². The Bertz CT molecular complexity index is 970. The van der Waals surface area contributed by atoms with Crippen LogP contribution in [0.2, 0.25) is 0 Å². The number of nitrogens with zero attached hydrogens (tertiary/aromatic N) is 2. The highest BCUT2D eigenvalue weighted by atomic mass is 79.9. The molecule has 2 aromatic carbocycles. The van der Waals surface area contributed by atoms with Crippen LogP contribution in [0.4, 0.5) is 13.2 Å². The van der Waals surface area contributed by atoms with Crippen LogP contribution in [-0.4, -0.2) is 49.7 Å². The molecule has 3 rings (SSSR count). The van der Waals surface area contributed by atoms with Crippen molar-refractivity contribution < 1.29 is 26.4 Å². The van der Waals surface area contributed by atoms with Gasteiger partial charge in [0.25, 0.3) is 5.91 Å². The van der Waals surface area contributed by atoms with Gasteiger partial charge in [-0.1, -0.05) is 12.1 Å². The average molecular weight is 477 g/mol. The molecule has 2 aromatic rings. The minimum absolute atomic E-state index is 0.0690. The molecule has 1 fully saturated rings. The maximum atomic E-state index is 12.7. The lowest BCUT2D eigenvalue weighted by Crippen LogP contribution is -2.50. The third-order valence-corrected chi connectivity index (χ3v) is 7.05. The van der Waals surface area contributed by atoms with Crippen molar-refractivity contribution in [2.75, 3.05) is 26.2 Å². The maximum Gasteiger partial charge on any atom is 0.416 e. The molecule has 10 heteroatoms. The van der Waals surface area contributed by atoms with E-state index in [1.54, 1.807) is 29.2 Å². The SMILES string of the molecule is O=C(c1ccccc1Br)N1CCN(S(=O)(=O)c2ccc(C(F)(F)F)cc2)CC1. The fourth-order valence-corrected chi connectivity index (χ4v) is 4.78. The van der Waals surface area contributed by atoms with E-state index < -0.39 is 21.8 Å². The Balaban J connectivity index is 1.70. The summed E-state index contributed by atoms with van der Waals surface area (Å²) in [7, 11) is -3.93. The van der Waals surface area contributed by atoms with Crippen LogP contribution in [0.15, 0.2) is 57.9 Å². The molecule has 0 N–H and O–H groups in total. The van der Waals surface area contributed by atoms with Crippen molar-refractivity contribution >= 4 is 31.9 Å². The standard InChI is InChI=1S/C18H16BrF3N2O3S/c19-16-4-2-1-3-15(16)17(25)23-9-11-24(12-10-23)28(26,27)14-7-5-13(6-8-14)18(20,21)22/h1-8H,9-12H2. The summed E-state index contributed by atoms with van der Waals surface area (Å²) in [4.78, 5) is 14.0. The number of amides is 1. The number of rotatable bonds is 3. The van der Waals surface area contributed by atoms with Crippen molar-refractivity contribution in [3.8, 4) is 0 Å². The molecule has 150 valence electrons. The number of halogens is 4. The van der Waals surface area contributed by atoms with E-state index in [9.17, 15) is 26.4 Å². The molecule has 1 amide bonds. The summed E-state index contributed by atoms with van der Waals surface area (Å²) in [5, 5.41) is 0. The fraction of sp³-hybridized carbons (Fsp3) is 0.278. The molecule has 0 bridgehead atoms. The number of sulfonamides is 1. The number of hydrogen-bond donors (Lipinski definition) is 0. The predicted molar refractivity (Wildman–Crippen MR) is 100 cm³/mol. The van der Waals surface area contributed by atoms with Crippen LogP contribution in [0, 0.1) is 0 Å². The van der Waals surface area contributed by atoms with E-state index in [2.05, 4.69) is 15.9 Å². The van der Waals surface area contributed by atoms with Gasteiger partial charge in [0.15, 0.2) is 0 Å². The largest absolute Gasteiger partial charge is 0.416 e. The summed E-state index contributed by atoms with van der Waals surface area (Å²) < 4.78 is 65.2. The van der Waals surface area contributed by atoms with E-state index in [-0.39, 0.29) is 37.0 Å². The molecule has 0 saturated carbocycles. The summed E-state index contributed by atoms with van der Waals surface area (Å²) in [5.74, 6) is -0.209. The van der Waals surface area contributed by atoms with Gasteiger partial charge in [-0.25, -0.2) is 8.42 Å². The summed E-state index contributed by atoms with van der Waals surface area (Å²) >= 11 is 3.32. The zero-order valence-corrected chi connectivity index (χ0v) is 16.9. The van der Waals surface area contributed by atoms with Crippen LogP contribution in [-0.2, 0) is 16.2 Å². The number of hydrogen-bond acceptors (Lipinski definition) is 3. The van der Waals surface area contributed by atoms with Crippen LogP contribution < -0.4 is 0 Å². The minimum Gasteiger partial charge on any atom is -0.336 e. The normalized spacial score (nSPS) is 16.2. The van der Waals surface area contributed by atoms with Gasteiger partial charge in [0.05, 0.1) is 16.0 Å². The van der Waals surface area contributed by atoms with Gasteiger partial charge >= 0.3 is 6.18 Å². The molecule has 1 saturated heterocycles. The second-order valence-electron chi connectivity index (χ2n) is 6.20. The number of carbonyl (C=O) groups is 1. The molecule has 28 heavy (non-hydrogen) atoms. The van der Waals surface area contributed by atoms with Gasteiger partial charge < -0.3 is 4.90 Å². The van der Waals surface area contributed by atoms with E-state index >= 15 is 0 Å². The van der Waals surface area contributed by atoms with Gasteiger partial charge in [0, 0.05) is 30.7 Å². The van der Waals surface area contributed by atoms with Gasteiger partial charge in [0.1, 0.15) is 0 Å². The lowest BCUT2D eigenvalue weighted by Gasteiger charge is -2.34. The quantitative estimate of drug-likeness (QED) is 0.679. The van der Waals surface area contributed by atoms with Gasteiger partial charge in [0.2, 0.25) is 10.0 Å². The molecule has 5 nitrogen and oxygen atoms in total. The highest BCUT2D eigenvalue weighted by Gasteiger charge is 2.33. The van der Waals surface area contributed by atoms with Gasteiger partial charge in [-0.15, -0.1) is 0 Å². The Morgan fingerprint density at radius 2 is 1.50 bits per heavy atom. The summed E-state index contributed by atoms with van der Waals surface area (Å²) in [6.07, 6.45) is -4.53. The third-order valence-electron chi connectivity index (χ3n) is 4.45. The molecule has 0 aliphatic carbocycles. The molecule has 0 unspecified atom stereocenters. The van der Waals surface area contributed by atoms with E-state index in [1.807, 2.05) is 0 Å². The Morgan fingerprint density at radius 3 is 2.04 bits per heavy atom.